The topological polar surface area (TPSA) is 89.8 Å². The number of aromatic nitrogens is 2. The van der Waals surface area contributed by atoms with E-state index < -0.39 is 17.5 Å². The van der Waals surface area contributed by atoms with Gasteiger partial charge < -0.3 is 16.8 Å². The van der Waals surface area contributed by atoms with Gasteiger partial charge in [-0.1, -0.05) is 0 Å². The first kappa shape index (κ1) is 12.0. The minimum atomic E-state index is -1.54. The zero-order valence-electron chi connectivity index (χ0n) is 8.92. The average Bonchev–Trinajstić information content (AvgIpc) is 2.24. The molecule has 0 atom stereocenters. The van der Waals surface area contributed by atoms with Gasteiger partial charge in [-0.2, -0.15) is 9.97 Å². The van der Waals surface area contributed by atoms with Crippen LogP contribution < -0.4 is 16.8 Å². The van der Waals surface area contributed by atoms with Crippen LogP contribution in [0.3, 0.4) is 0 Å². The summed E-state index contributed by atoms with van der Waals surface area (Å²) in [5.41, 5.74) is 10.7. The number of nitrogens with two attached hydrogens (primary N) is 2. The molecule has 0 bridgehead atoms. The maximum atomic E-state index is 13.0. The molecule has 0 radical (unpaired) electrons. The summed E-state index contributed by atoms with van der Waals surface area (Å²) in [7, 11) is 0. The van der Waals surface area contributed by atoms with E-state index in [1.54, 1.807) is 0 Å². The molecular formula is C10H8F3N5. The number of anilines is 4. The summed E-state index contributed by atoms with van der Waals surface area (Å²) >= 11 is 0. The van der Waals surface area contributed by atoms with Gasteiger partial charge in [-0.15, -0.1) is 0 Å². The number of rotatable bonds is 2. The summed E-state index contributed by atoms with van der Waals surface area (Å²) in [6.45, 7) is 0. The fraction of sp³-hybridized carbons (Fsp3) is 0. The van der Waals surface area contributed by atoms with Gasteiger partial charge >= 0.3 is 0 Å². The maximum Gasteiger partial charge on any atom is 0.223 e. The van der Waals surface area contributed by atoms with Crippen LogP contribution in [0.5, 0.6) is 0 Å². The van der Waals surface area contributed by atoms with Gasteiger partial charge in [0.05, 0.1) is 0 Å². The second kappa shape index (κ2) is 4.40. The lowest BCUT2D eigenvalue weighted by Gasteiger charge is -2.07. The molecule has 0 fully saturated rings. The second-order valence-corrected chi connectivity index (χ2v) is 3.42. The van der Waals surface area contributed by atoms with Crippen LogP contribution in [-0.4, -0.2) is 9.97 Å². The number of nitrogens with zero attached hydrogens (tertiary/aromatic N) is 2. The third-order valence-electron chi connectivity index (χ3n) is 2.02. The van der Waals surface area contributed by atoms with Crippen molar-refractivity contribution in [1.82, 2.24) is 9.97 Å². The summed E-state index contributed by atoms with van der Waals surface area (Å²) in [6.07, 6.45) is 0. The molecule has 0 aliphatic rings. The van der Waals surface area contributed by atoms with Gasteiger partial charge in [-0.05, 0) is 0 Å². The lowest BCUT2D eigenvalue weighted by atomic mass is 10.3. The maximum absolute atomic E-state index is 13.0. The Morgan fingerprint density at radius 2 is 1.56 bits per heavy atom. The summed E-state index contributed by atoms with van der Waals surface area (Å²) in [5, 5.41) is 2.54. The smallest absolute Gasteiger partial charge is 0.223 e. The number of nitrogen functional groups attached to an aromatic ring is 2. The summed E-state index contributed by atoms with van der Waals surface area (Å²) < 4.78 is 38.7. The molecule has 0 aliphatic heterocycles. The zero-order chi connectivity index (χ0) is 13.3. The van der Waals surface area contributed by atoms with Gasteiger partial charge in [0.25, 0.3) is 0 Å². The van der Waals surface area contributed by atoms with Crippen molar-refractivity contribution in [2.75, 3.05) is 16.8 Å². The molecule has 1 aromatic carbocycles. The van der Waals surface area contributed by atoms with Crippen molar-refractivity contribution in [3.8, 4) is 0 Å². The molecule has 0 spiro atoms. The first-order valence-corrected chi connectivity index (χ1v) is 4.77. The molecule has 18 heavy (non-hydrogen) atoms. The molecule has 0 saturated heterocycles. The Morgan fingerprint density at radius 1 is 0.944 bits per heavy atom. The Labute approximate surface area is 99.7 Å². The fourth-order valence-electron chi connectivity index (χ4n) is 1.32. The largest absolute Gasteiger partial charge is 0.383 e. The quantitative estimate of drug-likeness (QED) is 0.712. The van der Waals surface area contributed by atoms with E-state index in [0.29, 0.717) is 0 Å². The number of nitrogens with one attached hydrogen (secondary N) is 1. The number of hydrogen-bond acceptors (Lipinski definition) is 5. The van der Waals surface area contributed by atoms with Crippen molar-refractivity contribution in [3.63, 3.8) is 0 Å². The monoisotopic (exact) mass is 255 g/mol. The SMILES string of the molecule is Nc1cc(Nc2cc(F)c(F)c(F)c2)nc(N)n1. The van der Waals surface area contributed by atoms with Crippen molar-refractivity contribution in [2.45, 2.75) is 0 Å². The number of halogens is 3. The van der Waals surface area contributed by atoms with Crippen LogP contribution >= 0.6 is 0 Å². The fourth-order valence-corrected chi connectivity index (χ4v) is 1.32. The minimum absolute atomic E-state index is 0.0242. The van der Waals surface area contributed by atoms with Crippen molar-refractivity contribution >= 4 is 23.3 Å². The van der Waals surface area contributed by atoms with Crippen molar-refractivity contribution in [2.24, 2.45) is 0 Å². The van der Waals surface area contributed by atoms with Crippen LogP contribution in [0.25, 0.3) is 0 Å². The van der Waals surface area contributed by atoms with E-state index in [1.807, 2.05) is 0 Å². The highest BCUT2D eigenvalue weighted by molar-refractivity contribution is 5.60. The molecule has 1 heterocycles. The third kappa shape index (κ3) is 2.42. The molecule has 2 aromatic rings. The van der Waals surface area contributed by atoms with Gasteiger partial charge in [0.15, 0.2) is 17.5 Å². The van der Waals surface area contributed by atoms with E-state index in [1.165, 1.54) is 6.07 Å². The normalized spacial score (nSPS) is 10.4. The molecule has 5 nitrogen and oxygen atoms in total. The van der Waals surface area contributed by atoms with Crippen molar-refractivity contribution < 1.29 is 13.2 Å². The second-order valence-electron chi connectivity index (χ2n) is 3.42. The van der Waals surface area contributed by atoms with Crippen LogP contribution in [0.1, 0.15) is 0 Å². The van der Waals surface area contributed by atoms with Crippen LogP contribution in [0.15, 0.2) is 18.2 Å². The van der Waals surface area contributed by atoms with E-state index in [9.17, 15) is 13.2 Å². The molecule has 2 rings (SSSR count). The van der Waals surface area contributed by atoms with Gasteiger partial charge in [-0.25, -0.2) is 13.2 Å². The molecule has 0 aliphatic carbocycles. The van der Waals surface area contributed by atoms with E-state index in [4.69, 9.17) is 11.5 Å². The van der Waals surface area contributed by atoms with Crippen molar-refractivity contribution in [3.05, 3.63) is 35.7 Å². The third-order valence-corrected chi connectivity index (χ3v) is 2.02. The van der Waals surface area contributed by atoms with Gasteiger partial charge in [0, 0.05) is 23.9 Å². The molecule has 5 N–H and O–H groups in total. The lowest BCUT2D eigenvalue weighted by Crippen LogP contribution is -2.03. The van der Waals surface area contributed by atoms with Gasteiger partial charge in [0.1, 0.15) is 11.6 Å². The zero-order valence-corrected chi connectivity index (χ0v) is 8.92. The summed E-state index contributed by atoms with van der Waals surface area (Å²) in [4.78, 5) is 7.37. The molecule has 0 unspecified atom stereocenters. The Bertz CT molecular complexity index is 559. The Balaban J connectivity index is 2.34. The predicted octanol–water partition coefficient (Wildman–Crippen LogP) is 1.80. The first-order valence-electron chi connectivity index (χ1n) is 4.77. The van der Waals surface area contributed by atoms with Crippen molar-refractivity contribution in [1.29, 1.82) is 0 Å². The van der Waals surface area contributed by atoms with Crippen LogP contribution in [0, 0.1) is 17.5 Å². The van der Waals surface area contributed by atoms with Gasteiger partial charge in [0.2, 0.25) is 5.95 Å². The molecule has 0 saturated carbocycles. The highest BCUT2D eigenvalue weighted by atomic mass is 19.2. The van der Waals surface area contributed by atoms with E-state index in [0.717, 1.165) is 12.1 Å². The standard InChI is InChI=1S/C10H8F3N5/c11-5-1-4(2-6(12)9(5)13)16-8-3-7(14)17-10(15)18-8/h1-3H,(H5,14,15,16,17,18). The molecule has 94 valence electrons. The highest BCUT2D eigenvalue weighted by Gasteiger charge is 2.11. The Hall–Kier alpha value is -2.51. The summed E-state index contributed by atoms with van der Waals surface area (Å²) in [6, 6.07) is 2.88. The van der Waals surface area contributed by atoms with E-state index in [2.05, 4.69) is 15.3 Å². The number of benzene rings is 1. The van der Waals surface area contributed by atoms with Crippen LogP contribution in [0.4, 0.5) is 36.4 Å². The molecule has 1 aromatic heterocycles. The predicted molar refractivity (Wildman–Crippen MR) is 60.5 cm³/mol. The molecular weight excluding hydrogens is 247 g/mol. The first-order chi connectivity index (χ1) is 8.45. The molecule has 8 heteroatoms. The lowest BCUT2D eigenvalue weighted by molar-refractivity contribution is 0.448. The summed E-state index contributed by atoms with van der Waals surface area (Å²) in [5.74, 6) is -4.03. The average molecular weight is 255 g/mol. The van der Waals surface area contributed by atoms with Crippen LogP contribution in [0.2, 0.25) is 0 Å². The van der Waals surface area contributed by atoms with E-state index in [-0.39, 0.29) is 23.3 Å². The number of hydrogen-bond donors (Lipinski definition) is 3. The highest BCUT2D eigenvalue weighted by Crippen LogP contribution is 2.21. The van der Waals surface area contributed by atoms with E-state index >= 15 is 0 Å². The van der Waals surface area contributed by atoms with Crippen LogP contribution in [-0.2, 0) is 0 Å². The molecule has 0 amide bonds. The minimum Gasteiger partial charge on any atom is -0.383 e. The Morgan fingerprint density at radius 3 is 2.11 bits per heavy atom. The van der Waals surface area contributed by atoms with Gasteiger partial charge in [-0.3, -0.25) is 0 Å². The Kier molecular flexibility index (Phi) is 2.92.